The van der Waals surface area contributed by atoms with E-state index >= 15 is 0 Å². The molecule has 2 saturated heterocycles. The van der Waals surface area contributed by atoms with Gasteiger partial charge in [0.15, 0.2) is 0 Å². The summed E-state index contributed by atoms with van der Waals surface area (Å²) in [6, 6.07) is 1.37. The third-order valence-corrected chi connectivity index (χ3v) is 9.67. The Morgan fingerprint density at radius 2 is 1.84 bits per heavy atom. The Morgan fingerprint density at radius 1 is 1.08 bits per heavy atom. The van der Waals surface area contributed by atoms with Gasteiger partial charge in [-0.15, -0.1) is 11.3 Å². The third-order valence-electron chi connectivity index (χ3n) is 8.68. The van der Waals surface area contributed by atoms with E-state index < -0.39 is 5.97 Å². The van der Waals surface area contributed by atoms with E-state index in [9.17, 15) is 9.90 Å². The molecule has 3 aliphatic rings. The van der Waals surface area contributed by atoms with Crippen molar-refractivity contribution in [2.24, 2.45) is 5.92 Å². The number of nitrogens with zero attached hydrogens (tertiary/aromatic N) is 5. The zero-order valence-electron chi connectivity index (χ0n) is 22.1. The highest BCUT2D eigenvalue weighted by atomic mass is 32.1. The molecule has 6 rings (SSSR count). The molecule has 38 heavy (non-hydrogen) atoms. The van der Waals surface area contributed by atoms with Gasteiger partial charge >= 0.3 is 5.97 Å². The first kappa shape index (κ1) is 25.7. The zero-order chi connectivity index (χ0) is 26.1. The molecule has 3 fully saturated rings. The summed E-state index contributed by atoms with van der Waals surface area (Å²) in [5.41, 5.74) is 2.36. The Labute approximate surface area is 227 Å². The van der Waals surface area contributed by atoms with Gasteiger partial charge in [0, 0.05) is 37.9 Å². The third kappa shape index (κ3) is 5.58. The van der Waals surface area contributed by atoms with E-state index in [0.717, 1.165) is 105 Å². The first-order chi connectivity index (χ1) is 18.5. The Morgan fingerprint density at radius 3 is 2.58 bits per heavy atom. The largest absolute Gasteiger partial charge is 0.481 e. The summed E-state index contributed by atoms with van der Waals surface area (Å²) in [5.74, 6) is 1.00. The van der Waals surface area contributed by atoms with Crippen LogP contribution in [-0.2, 0) is 16.0 Å². The number of hydrogen-bond acceptors (Lipinski definition) is 8. The Hall–Kier alpha value is -2.56. The fourth-order valence-corrected chi connectivity index (χ4v) is 7.34. The lowest BCUT2D eigenvalue weighted by Gasteiger charge is -2.40. The molecule has 2 aliphatic heterocycles. The summed E-state index contributed by atoms with van der Waals surface area (Å²) in [5, 5.41) is 21.1. The number of hydrogen-bond donors (Lipinski definition) is 2. The quantitative estimate of drug-likeness (QED) is 0.448. The molecule has 3 aromatic heterocycles. The fourth-order valence-electron chi connectivity index (χ4n) is 6.40. The van der Waals surface area contributed by atoms with Gasteiger partial charge in [-0.2, -0.15) is 5.10 Å². The number of carboxylic acids is 1. The maximum Gasteiger partial charge on any atom is 0.306 e. The van der Waals surface area contributed by atoms with Crippen LogP contribution in [0.4, 0.5) is 5.82 Å². The monoisotopic (exact) mass is 538 g/mol. The topological polar surface area (TPSA) is 105 Å². The number of fused-ring (bicyclic) bond motifs is 1. The Kier molecular flexibility index (Phi) is 7.63. The van der Waals surface area contributed by atoms with Gasteiger partial charge in [-0.05, 0) is 87.9 Å². The summed E-state index contributed by atoms with van der Waals surface area (Å²) in [6.07, 6.45) is 12.8. The van der Waals surface area contributed by atoms with Crippen LogP contribution in [0.3, 0.4) is 0 Å². The standard InChI is InChI=1S/C28H38N6O3S/c1-18-17-38-27-25(18)26(30-21-2-4-22(5-3-21)33-10-6-20(7-11-33)28(35)36)31-24(32-27)14-19-15-29-34(16-19)23-8-12-37-13-9-23/h15-17,20-23H,2-14H2,1H3,(H,35,36)(H,30,31,32). The number of ether oxygens (including phenoxy) is 1. The van der Waals surface area contributed by atoms with Crippen molar-refractivity contribution >= 4 is 33.3 Å². The number of anilines is 1. The van der Waals surface area contributed by atoms with Gasteiger partial charge in [0.05, 0.1) is 23.5 Å². The molecule has 10 heteroatoms. The van der Waals surface area contributed by atoms with Crippen LogP contribution in [0.1, 0.15) is 74.4 Å². The van der Waals surface area contributed by atoms with Crippen LogP contribution in [0, 0.1) is 12.8 Å². The lowest BCUT2D eigenvalue weighted by Crippen LogP contribution is -2.45. The number of piperidine rings is 1. The van der Waals surface area contributed by atoms with Gasteiger partial charge in [0.1, 0.15) is 16.5 Å². The highest BCUT2D eigenvalue weighted by molar-refractivity contribution is 7.17. The summed E-state index contributed by atoms with van der Waals surface area (Å²) in [6.45, 7) is 5.57. The maximum absolute atomic E-state index is 11.3. The molecule has 0 bridgehead atoms. The number of aliphatic carboxylic acids is 1. The first-order valence-corrected chi connectivity index (χ1v) is 15.0. The fraction of sp³-hybridized carbons (Fsp3) is 0.643. The second-order valence-corrected chi connectivity index (χ2v) is 12.1. The van der Waals surface area contributed by atoms with E-state index in [2.05, 4.69) is 38.5 Å². The SMILES string of the molecule is Cc1csc2nc(Cc3cnn(C4CCOCC4)c3)nc(NC3CCC(N4CCC(C(=O)O)CC4)CC3)c12. The minimum atomic E-state index is -0.634. The smallest absolute Gasteiger partial charge is 0.306 e. The van der Waals surface area contributed by atoms with Crippen LogP contribution in [0.25, 0.3) is 10.2 Å². The molecule has 0 atom stereocenters. The summed E-state index contributed by atoms with van der Waals surface area (Å²) < 4.78 is 7.59. The van der Waals surface area contributed by atoms with Crippen LogP contribution in [-0.4, -0.2) is 74.1 Å². The van der Waals surface area contributed by atoms with Gasteiger partial charge in [-0.3, -0.25) is 9.48 Å². The molecule has 0 amide bonds. The number of aryl methyl sites for hydroxylation is 1. The van der Waals surface area contributed by atoms with Gasteiger partial charge in [0.2, 0.25) is 0 Å². The molecule has 0 spiro atoms. The number of carboxylic acid groups (broad SMARTS) is 1. The lowest BCUT2D eigenvalue weighted by molar-refractivity contribution is -0.143. The predicted molar refractivity (Wildman–Crippen MR) is 148 cm³/mol. The second kappa shape index (κ2) is 11.3. The van der Waals surface area contributed by atoms with Crippen molar-refractivity contribution in [2.45, 2.75) is 82.8 Å². The average molecular weight is 539 g/mol. The molecule has 3 aromatic rings. The van der Waals surface area contributed by atoms with E-state index in [-0.39, 0.29) is 5.92 Å². The van der Waals surface area contributed by atoms with Gasteiger partial charge in [-0.1, -0.05) is 0 Å². The van der Waals surface area contributed by atoms with E-state index in [1.165, 1.54) is 5.56 Å². The van der Waals surface area contributed by atoms with Crippen molar-refractivity contribution in [3.8, 4) is 0 Å². The Bertz CT molecular complexity index is 1250. The van der Waals surface area contributed by atoms with Gasteiger partial charge in [-0.25, -0.2) is 9.97 Å². The number of nitrogens with one attached hydrogen (secondary N) is 1. The average Bonchev–Trinajstić information content (AvgIpc) is 3.56. The molecule has 0 unspecified atom stereocenters. The van der Waals surface area contributed by atoms with Crippen LogP contribution in [0.15, 0.2) is 17.8 Å². The molecule has 1 saturated carbocycles. The number of aromatic nitrogens is 4. The zero-order valence-corrected chi connectivity index (χ0v) is 23.0. The van der Waals surface area contributed by atoms with Gasteiger partial charge < -0.3 is 20.1 Å². The molecular formula is C28H38N6O3S. The molecule has 0 radical (unpaired) electrons. The lowest BCUT2D eigenvalue weighted by atomic mass is 9.87. The van der Waals surface area contributed by atoms with Crippen molar-refractivity contribution in [3.63, 3.8) is 0 Å². The molecule has 5 heterocycles. The first-order valence-electron chi connectivity index (χ1n) is 14.1. The number of thiophene rings is 1. The minimum Gasteiger partial charge on any atom is -0.481 e. The molecular weight excluding hydrogens is 500 g/mol. The number of likely N-dealkylation sites (tertiary alicyclic amines) is 1. The van der Waals surface area contributed by atoms with Crippen molar-refractivity contribution in [1.29, 1.82) is 0 Å². The van der Waals surface area contributed by atoms with Crippen molar-refractivity contribution in [1.82, 2.24) is 24.6 Å². The molecule has 2 N–H and O–H groups in total. The number of rotatable bonds is 7. The van der Waals surface area contributed by atoms with Crippen LogP contribution < -0.4 is 5.32 Å². The normalized spacial score (nSPS) is 24.1. The summed E-state index contributed by atoms with van der Waals surface area (Å²) in [7, 11) is 0. The van der Waals surface area contributed by atoms with Crippen molar-refractivity contribution < 1.29 is 14.6 Å². The number of carbonyl (C=O) groups is 1. The summed E-state index contributed by atoms with van der Waals surface area (Å²) >= 11 is 1.69. The van der Waals surface area contributed by atoms with E-state index in [1.807, 2.05) is 6.20 Å². The molecule has 9 nitrogen and oxygen atoms in total. The Balaban J connectivity index is 1.11. The van der Waals surface area contributed by atoms with Crippen LogP contribution in [0.5, 0.6) is 0 Å². The maximum atomic E-state index is 11.3. The van der Waals surface area contributed by atoms with E-state index in [4.69, 9.17) is 14.7 Å². The van der Waals surface area contributed by atoms with Crippen molar-refractivity contribution in [3.05, 3.63) is 34.7 Å². The molecule has 1 aliphatic carbocycles. The van der Waals surface area contributed by atoms with E-state index in [1.54, 1.807) is 11.3 Å². The highest BCUT2D eigenvalue weighted by Gasteiger charge is 2.31. The van der Waals surface area contributed by atoms with E-state index in [0.29, 0.717) is 24.5 Å². The van der Waals surface area contributed by atoms with Crippen LogP contribution in [0.2, 0.25) is 0 Å². The summed E-state index contributed by atoms with van der Waals surface area (Å²) in [4.78, 5) is 24.8. The molecule has 0 aromatic carbocycles. The minimum absolute atomic E-state index is 0.163. The van der Waals surface area contributed by atoms with Crippen molar-refractivity contribution in [2.75, 3.05) is 31.6 Å². The predicted octanol–water partition coefficient (Wildman–Crippen LogP) is 4.66. The van der Waals surface area contributed by atoms with Gasteiger partial charge in [0.25, 0.3) is 0 Å². The van der Waals surface area contributed by atoms with Crippen LogP contribution >= 0.6 is 11.3 Å². The molecule has 204 valence electrons. The highest BCUT2D eigenvalue weighted by Crippen LogP contribution is 2.33. The second-order valence-electron chi connectivity index (χ2n) is 11.2.